The van der Waals surface area contributed by atoms with E-state index in [4.69, 9.17) is 5.73 Å². The molecule has 1 unspecified atom stereocenters. The summed E-state index contributed by atoms with van der Waals surface area (Å²) in [5.41, 5.74) is 6.05. The van der Waals surface area contributed by atoms with Gasteiger partial charge in [-0.2, -0.15) is 0 Å². The smallest absolute Gasteiger partial charge is 0.236 e. The molecule has 0 radical (unpaired) electrons. The van der Waals surface area contributed by atoms with Gasteiger partial charge in [0, 0.05) is 6.04 Å². The molecule has 0 heterocycles. The van der Waals surface area contributed by atoms with Crippen molar-refractivity contribution >= 4 is 18.3 Å². The first-order valence-corrected chi connectivity index (χ1v) is 7.54. The fourth-order valence-electron chi connectivity index (χ4n) is 5.21. The van der Waals surface area contributed by atoms with Crippen LogP contribution in [0.5, 0.6) is 0 Å². The van der Waals surface area contributed by atoms with E-state index in [1.807, 2.05) is 0 Å². The molecule has 1 amide bonds. The highest BCUT2D eigenvalue weighted by atomic mass is 35.5. The van der Waals surface area contributed by atoms with Gasteiger partial charge in [0.05, 0.1) is 6.04 Å². The van der Waals surface area contributed by atoms with Gasteiger partial charge in [-0.25, -0.2) is 0 Å². The Balaban J connectivity index is 0.00000133. The molecular weight excluding hydrogens is 260 g/mol. The Morgan fingerprint density at radius 2 is 1.53 bits per heavy atom. The summed E-state index contributed by atoms with van der Waals surface area (Å²) in [5, 5.41) is 3.17. The fraction of sp³-hybridized carbons (Fsp3) is 0.933. The third kappa shape index (κ3) is 2.64. The van der Waals surface area contributed by atoms with Crippen LogP contribution in [0.2, 0.25) is 0 Å². The predicted molar refractivity (Wildman–Crippen MR) is 79.1 cm³/mol. The second kappa shape index (κ2) is 5.25. The Morgan fingerprint density at radius 3 is 1.89 bits per heavy atom. The zero-order chi connectivity index (χ0) is 12.9. The van der Waals surface area contributed by atoms with Crippen molar-refractivity contribution in [2.75, 3.05) is 0 Å². The van der Waals surface area contributed by atoms with Gasteiger partial charge in [0.1, 0.15) is 0 Å². The molecule has 4 aliphatic rings. The van der Waals surface area contributed by atoms with E-state index in [1.54, 1.807) is 6.92 Å². The zero-order valence-corrected chi connectivity index (χ0v) is 12.8. The van der Waals surface area contributed by atoms with E-state index in [0.29, 0.717) is 11.5 Å². The summed E-state index contributed by atoms with van der Waals surface area (Å²) in [4.78, 5) is 11.8. The molecule has 0 aromatic heterocycles. The number of halogens is 1. The van der Waals surface area contributed by atoms with Crippen molar-refractivity contribution in [1.29, 1.82) is 0 Å². The molecule has 3 nitrogen and oxygen atoms in total. The summed E-state index contributed by atoms with van der Waals surface area (Å²) in [6, 6.07) is -0.0919. The number of nitrogens with one attached hydrogen (secondary N) is 1. The Labute approximate surface area is 122 Å². The molecule has 4 heteroatoms. The number of hydrogen-bond acceptors (Lipinski definition) is 2. The van der Waals surface area contributed by atoms with Crippen molar-refractivity contribution in [1.82, 2.24) is 5.32 Å². The maximum Gasteiger partial charge on any atom is 0.236 e. The monoisotopic (exact) mass is 286 g/mol. The first-order valence-electron chi connectivity index (χ1n) is 7.54. The third-order valence-electron chi connectivity index (χ3n) is 5.78. The molecule has 4 bridgehead atoms. The number of carbonyl (C=O) groups excluding carboxylic acids is 1. The minimum atomic E-state index is -0.388. The van der Waals surface area contributed by atoms with Crippen LogP contribution in [0.25, 0.3) is 0 Å². The van der Waals surface area contributed by atoms with Gasteiger partial charge in [-0.1, -0.05) is 0 Å². The highest BCUT2D eigenvalue weighted by Crippen LogP contribution is 2.61. The highest BCUT2D eigenvalue weighted by molar-refractivity contribution is 5.85. The van der Waals surface area contributed by atoms with E-state index in [-0.39, 0.29) is 24.4 Å². The lowest BCUT2D eigenvalue weighted by Gasteiger charge is -2.59. The summed E-state index contributed by atoms with van der Waals surface area (Å²) in [7, 11) is 0. The van der Waals surface area contributed by atoms with Gasteiger partial charge < -0.3 is 11.1 Å². The number of nitrogens with two attached hydrogens (primary N) is 1. The van der Waals surface area contributed by atoms with Crippen LogP contribution in [-0.4, -0.2) is 18.0 Å². The normalized spacial score (nSPS) is 42.4. The molecule has 0 aliphatic heterocycles. The lowest BCUT2D eigenvalue weighted by molar-refractivity contribution is -0.126. The zero-order valence-electron chi connectivity index (χ0n) is 12.0. The van der Waals surface area contributed by atoms with E-state index in [9.17, 15) is 4.79 Å². The van der Waals surface area contributed by atoms with Crippen LogP contribution >= 0.6 is 12.4 Å². The molecule has 0 aromatic carbocycles. The molecule has 4 aliphatic carbocycles. The molecule has 0 aromatic rings. The molecule has 0 spiro atoms. The first-order chi connectivity index (χ1) is 8.48. The molecular formula is C15H27ClN2O. The molecule has 2 atom stereocenters. The average Bonchev–Trinajstić information content (AvgIpc) is 2.26. The van der Waals surface area contributed by atoms with E-state index >= 15 is 0 Å². The van der Waals surface area contributed by atoms with Gasteiger partial charge in [-0.15, -0.1) is 12.4 Å². The summed E-state index contributed by atoms with van der Waals surface area (Å²) < 4.78 is 0. The Kier molecular flexibility index (Phi) is 4.18. The van der Waals surface area contributed by atoms with Crippen molar-refractivity contribution in [3.05, 3.63) is 0 Å². The van der Waals surface area contributed by atoms with Gasteiger partial charge in [-0.05, 0) is 75.5 Å². The standard InChI is InChI=1S/C15H26N2O.ClH/c1-9(16)14(18)17-10(2)15-6-11-3-12(7-15)5-13(4-11)8-15;/h9-13H,3-8,16H2,1-2H3,(H,17,18);1H/t9-,10?,11?,12?,13?,15?;/m0./s1. The minimum Gasteiger partial charge on any atom is -0.352 e. The molecule has 19 heavy (non-hydrogen) atoms. The van der Waals surface area contributed by atoms with E-state index in [0.717, 1.165) is 17.8 Å². The summed E-state index contributed by atoms with van der Waals surface area (Å²) in [5.74, 6) is 2.82. The van der Waals surface area contributed by atoms with Crippen LogP contribution < -0.4 is 11.1 Å². The van der Waals surface area contributed by atoms with E-state index < -0.39 is 0 Å². The summed E-state index contributed by atoms with van der Waals surface area (Å²) >= 11 is 0. The fourth-order valence-corrected chi connectivity index (χ4v) is 5.21. The van der Waals surface area contributed by atoms with Crippen molar-refractivity contribution in [2.24, 2.45) is 28.9 Å². The van der Waals surface area contributed by atoms with Crippen molar-refractivity contribution in [3.8, 4) is 0 Å². The maximum atomic E-state index is 11.8. The van der Waals surface area contributed by atoms with Crippen LogP contribution in [0.15, 0.2) is 0 Å². The topological polar surface area (TPSA) is 55.1 Å². The lowest BCUT2D eigenvalue weighted by Crippen LogP contribution is -2.57. The molecule has 0 saturated heterocycles. The second-order valence-corrected chi connectivity index (χ2v) is 7.30. The van der Waals surface area contributed by atoms with Crippen LogP contribution in [0.3, 0.4) is 0 Å². The number of rotatable bonds is 3. The van der Waals surface area contributed by atoms with Gasteiger partial charge in [0.25, 0.3) is 0 Å². The van der Waals surface area contributed by atoms with Crippen LogP contribution in [-0.2, 0) is 4.79 Å². The predicted octanol–water partition coefficient (Wildman–Crippen LogP) is 2.48. The largest absolute Gasteiger partial charge is 0.352 e. The number of amides is 1. The van der Waals surface area contributed by atoms with Crippen molar-refractivity contribution in [3.63, 3.8) is 0 Å². The number of hydrogen-bond donors (Lipinski definition) is 2. The van der Waals surface area contributed by atoms with Crippen molar-refractivity contribution < 1.29 is 4.79 Å². The Morgan fingerprint density at radius 1 is 1.11 bits per heavy atom. The first kappa shape index (κ1) is 15.1. The minimum absolute atomic E-state index is 0. The van der Waals surface area contributed by atoms with Crippen LogP contribution in [0.4, 0.5) is 0 Å². The Hall–Kier alpha value is -0.280. The molecule has 4 fully saturated rings. The van der Waals surface area contributed by atoms with Gasteiger partial charge in [-0.3, -0.25) is 4.79 Å². The van der Waals surface area contributed by atoms with Crippen LogP contribution in [0.1, 0.15) is 52.4 Å². The summed E-state index contributed by atoms with van der Waals surface area (Å²) in [6.07, 6.45) is 8.35. The van der Waals surface area contributed by atoms with Crippen molar-refractivity contribution in [2.45, 2.75) is 64.5 Å². The molecule has 110 valence electrons. The summed E-state index contributed by atoms with van der Waals surface area (Å²) in [6.45, 7) is 3.97. The SMILES string of the molecule is CC(NC(=O)[C@H](C)N)C12CC3CC(CC(C3)C1)C2.Cl. The van der Waals surface area contributed by atoms with E-state index in [2.05, 4.69) is 12.2 Å². The second-order valence-electron chi connectivity index (χ2n) is 7.30. The average molecular weight is 287 g/mol. The van der Waals surface area contributed by atoms with E-state index in [1.165, 1.54) is 38.5 Å². The number of carbonyl (C=O) groups is 1. The molecule has 4 rings (SSSR count). The maximum absolute atomic E-state index is 11.8. The molecule has 3 N–H and O–H groups in total. The van der Waals surface area contributed by atoms with Gasteiger partial charge in [0.15, 0.2) is 0 Å². The van der Waals surface area contributed by atoms with Gasteiger partial charge >= 0.3 is 0 Å². The van der Waals surface area contributed by atoms with Crippen LogP contribution in [0, 0.1) is 23.2 Å². The van der Waals surface area contributed by atoms with Gasteiger partial charge in [0.2, 0.25) is 5.91 Å². The third-order valence-corrected chi connectivity index (χ3v) is 5.78. The highest BCUT2D eigenvalue weighted by Gasteiger charge is 2.53. The molecule has 4 saturated carbocycles. The lowest BCUT2D eigenvalue weighted by atomic mass is 9.48. The Bertz CT molecular complexity index is 321. The quantitative estimate of drug-likeness (QED) is 0.837.